The van der Waals surface area contributed by atoms with Gasteiger partial charge in [-0.25, -0.2) is 0 Å². The molecule has 0 saturated carbocycles. The van der Waals surface area contributed by atoms with Gasteiger partial charge in [-0.2, -0.15) is 0 Å². The molecule has 0 aromatic rings. The molecule has 0 fully saturated rings. The third kappa shape index (κ3) is 135. The Morgan fingerprint density at radius 1 is 0.792 bits per heavy atom. The maximum Gasteiger partial charge on any atom is 0.303 e. The van der Waals surface area contributed by atoms with Crippen LogP contribution in [0.1, 0.15) is 68.2 Å². The van der Waals surface area contributed by atoms with Crippen molar-refractivity contribution in [3.63, 3.8) is 0 Å². The van der Waals surface area contributed by atoms with Crippen molar-refractivity contribution in [3.8, 4) is 0 Å². The number of hydrogen-bond donors (Lipinski definition) is 3. The number of carboxylic acid groups (broad SMARTS) is 3. The number of carbonyl (C=O) groups excluding carboxylic acids is 1. The minimum Gasteiger partial charge on any atom is -0.481 e. The topological polar surface area (TPSA) is 129 Å². The Morgan fingerprint density at radius 3 is 1.04 bits per heavy atom. The summed E-state index contributed by atoms with van der Waals surface area (Å²) in [4.78, 5) is 37.8. The predicted molar refractivity (Wildman–Crippen MR) is 88.5 cm³/mol. The van der Waals surface area contributed by atoms with Gasteiger partial charge in [0.25, 0.3) is 11.9 Å². The van der Waals surface area contributed by atoms with Gasteiger partial charge >= 0.3 is 5.97 Å². The Hall–Kier alpha value is -1.26. The van der Waals surface area contributed by atoms with Crippen LogP contribution in [0.4, 0.5) is 0 Å². The Balaban J connectivity index is -0.0000000691. The molecule has 0 bridgehead atoms. The summed E-state index contributed by atoms with van der Waals surface area (Å²) in [6.45, 7) is 14.0. The van der Waals surface area contributed by atoms with E-state index in [0.29, 0.717) is 6.42 Å². The Morgan fingerprint density at radius 2 is 1.04 bits per heavy atom. The molecule has 0 unspecified atom stereocenters. The number of hydrogen-bond acceptors (Lipinski definition) is 4. The summed E-state index contributed by atoms with van der Waals surface area (Å²) in [5, 5.41) is 23.1. The molecule has 0 aliphatic rings. The Kier molecular flexibility index (Phi) is 25.7. The first-order valence-electron chi connectivity index (χ1n) is 6.99. The van der Waals surface area contributed by atoms with Crippen molar-refractivity contribution < 1.29 is 54.9 Å². The first kappa shape index (κ1) is 34.2. The summed E-state index contributed by atoms with van der Waals surface area (Å²) in [5.41, 5.74) is 0.105. The van der Waals surface area contributed by atoms with E-state index in [9.17, 15) is 9.59 Å². The van der Waals surface area contributed by atoms with E-state index in [0.717, 1.165) is 20.1 Å². The number of rotatable bonds is 2. The smallest absolute Gasteiger partial charge is 0.303 e. The Bertz CT molecular complexity index is 332. The first-order valence-corrected chi connectivity index (χ1v) is 6.99. The average Bonchev–Trinajstić information content (AvgIpc) is 2.08. The SMILES string of the molecule is CC(=O)O.CC(=O)O.CC(C)(C)CC(=O)O.CC(C)(C)CC=O.[Pd]. The molecule has 0 rings (SSSR count). The van der Waals surface area contributed by atoms with E-state index in [1.807, 2.05) is 41.5 Å². The second-order valence-electron chi connectivity index (χ2n) is 7.10. The van der Waals surface area contributed by atoms with Crippen LogP contribution in [0.3, 0.4) is 0 Å². The summed E-state index contributed by atoms with van der Waals surface area (Å²) in [7, 11) is 0. The zero-order valence-electron chi connectivity index (χ0n) is 15.8. The van der Waals surface area contributed by atoms with Crippen molar-refractivity contribution in [1.82, 2.24) is 0 Å². The third-order valence-corrected chi connectivity index (χ3v) is 1.38. The van der Waals surface area contributed by atoms with Gasteiger partial charge < -0.3 is 20.1 Å². The molecule has 0 aromatic heterocycles. The van der Waals surface area contributed by atoms with Crippen molar-refractivity contribution in [2.45, 2.75) is 68.2 Å². The van der Waals surface area contributed by atoms with Gasteiger partial charge in [-0.15, -0.1) is 0 Å². The van der Waals surface area contributed by atoms with Gasteiger partial charge in [0.1, 0.15) is 6.29 Å². The zero-order chi connectivity index (χ0) is 19.9. The molecule has 0 radical (unpaired) electrons. The van der Waals surface area contributed by atoms with Crippen LogP contribution in [-0.4, -0.2) is 39.5 Å². The zero-order valence-corrected chi connectivity index (χ0v) is 17.3. The van der Waals surface area contributed by atoms with Crippen molar-refractivity contribution >= 4 is 24.2 Å². The molecule has 0 aromatic carbocycles. The molecular weight excluding hydrogens is 411 g/mol. The summed E-state index contributed by atoms with van der Waals surface area (Å²) in [6, 6.07) is 0. The maximum atomic E-state index is 10.0. The fourth-order valence-corrected chi connectivity index (χ4v) is 0.704. The van der Waals surface area contributed by atoms with Crippen molar-refractivity contribution in [2.24, 2.45) is 10.8 Å². The molecule has 7 nitrogen and oxygen atoms in total. The summed E-state index contributed by atoms with van der Waals surface area (Å²) in [6.07, 6.45) is 1.86. The molecule has 8 heteroatoms. The molecule has 0 heterocycles. The Labute approximate surface area is 158 Å². The average molecular weight is 443 g/mol. The quantitative estimate of drug-likeness (QED) is 0.442. The monoisotopic (exact) mass is 442 g/mol. The van der Waals surface area contributed by atoms with Crippen molar-refractivity contribution in [3.05, 3.63) is 0 Å². The summed E-state index contributed by atoms with van der Waals surface area (Å²) >= 11 is 0. The molecule has 0 amide bonds. The second-order valence-corrected chi connectivity index (χ2v) is 7.10. The van der Waals surface area contributed by atoms with E-state index in [1.165, 1.54) is 0 Å². The number of aldehydes is 1. The number of aliphatic carboxylic acids is 3. The molecular formula is C16H32O7Pd. The molecule has 24 heavy (non-hydrogen) atoms. The number of carbonyl (C=O) groups is 4. The fourth-order valence-electron chi connectivity index (χ4n) is 0.704. The molecule has 0 spiro atoms. The largest absolute Gasteiger partial charge is 0.481 e. The van der Waals surface area contributed by atoms with Crippen LogP contribution >= 0.6 is 0 Å². The van der Waals surface area contributed by atoms with E-state index in [1.54, 1.807) is 0 Å². The van der Waals surface area contributed by atoms with Crippen LogP contribution < -0.4 is 0 Å². The molecule has 0 saturated heterocycles. The van der Waals surface area contributed by atoms with Crippen LogP contribution in [0, 0.1) is 10.8 Å². The summed E-state index contributed by atoms with van der Waals surface area (Å²) < 4.78 is 0. The van der Waals surface area contributed by atoms with Crippen LogP contribution in [0.5, 0.6) is 0 Å². The molecule has 0 aliphatic carbocycles. The minimum atomic E-state index is -0.833. The van der Waals surface area contributed by atoms with Gasteiger partial charge in [-0.05, 0) is 10.8 Å². The number of carboxylic acids is 3. The van der Waals surface area contributed by atoms with E-state index >= 15 is 0 Å². The molecule has 148 valence electrons. The summed E-state index contributed by atoms with van der Waals surface area (Å²) in [5.74, 6) is -2.39. The van der Waals surface area contributed by atoms with Gasteiger partial charge in [0, 0.05) is 40.7 Å². The molecule has 3 N–H and O–H groups in total. The van der Waals surface area contributed by atoms with Gasteiger partial charge in [0.15, 0.2) is 0 Å². The normalized spacial score (nSPS) is 9.17. The first-order chi connectivity index (χ1) is 9.94. The van der Waals surface area contributed by atoms with Gasteiger partial charge in [-0.1, -0.05) is 41.5 Å². The maximum absolute atomic E-state index is 10.0. The van der Waals surface area contributed by atoms with Gasteiger partial charge in [-0.3, -0.25) is 14.4 Å². The standard InChI is InChI=1S/C6H12O2.C6H12O.2C2H4O2.Pd/c1-6(2,3)4-5(7)8;1-6(2,3)4-5-7;2*1-2(3)4;/h4H2,1-3H3,(H,7,8);5H,4H2,1-3H3;2*1H3,(H,3,4);. The van der Waals surface area contributed by atoms with E-state index in [4.69, 9.17) is 24.9 Å². The van der Waals surface area contributed by atoms with Gasteiger partial charge in [0.05, 0.1) is 6.42 Å². The van der Waals surface area contributed by atoms with E-state index in [2.05, 4.69) is 0 Å². The predicted octanol–water partition coefficient (Wildman–Crippen LogP) is 3.31. The molecule has 0 aliphatic heterocycles. The third-order valence-electron chi connectivity index (χ3n) is 1.38. The van der Waals surface area contributed by atoms with Crippen molar-refractivity contribution in [1.29, 1.82) is 0 Å². The van der Waals surface area contributed by atoms with Crippen LogP contribution in [-0.2, 0) is 39.6 Å². The van der Waals surface area contributed by atoms with Crippen molar-refractivity contribution in [2.75, 3.05) is 0 Å². The van der Waals surface area contributed by atoms with Crippen LogP contribution in [0.25, 0.3) is 0 Å². The second kappa shape index (κ2) is 18.1. The van der Waals surface area contributed by atoms with Crippen LogP contribution in [0.15, 0.2) is 0 Å². The molecule has 0 atom stereocenters. The van der Waals surface area contributed by atoms with Gasteiger partial charge in [0.2, 0.25) is 0 Å². The minimum absolute atomic E-state index is 0. The van der Waals surface area contributed by atoms with Crippen LogP contribution in [0.2, 0.25) is 0 Å². The fraction of sp³-hybridized carbons (Fsp3) is 0.750. The van der Waals surface area contributed by atoms with E-state index in [-0.39, 0.29) is 37.7 Å². The van der Waals surface area contributed by atoms with E-state index < -0.39 is 17.9 Å².